The van der Waals surface area contributed by atoms with Crippen molar-refractivity contribution in [1.82, 2.24) is 10.2 Å². The summed E-state index contributed by atoms with van der Waals surface area (Å²) in [6.45, 7) is 10.5. The van der Waals surface area contributed by atoms with E-state index in [2.05, 4.69) is 45.0 Å². The Morgan fingerprint density at radius 2 is 1.94 bits per heavy atom. The van der Waals surface area contributed by atoms with Crippen LogP contribution in [0.15, 0.2) is 0 Å². The fourth-order valence-electron chi connectivity index (χ4n) is 3.32. The molecule has 108 valence electrons. The average molecular weight is 254 g/mol. The summed E-state index contributed by atoms with van der Waals surface area (Å²) in [5.41, 5.74) is 0. The normalized spacial score (nSPS) is 30.7. The second-order valence-electron chi connectivity index (χ2n) is 6.35. The molecule has 1 saturated carbocycles. The molecule has 1 aliphatic rings. The molecule has 4 unspecified atom stereocenters. The molecule has 2 heteroatoms. The van der Waals surface area contributed by atoms with Crippen LogP contribution in [0.25, 0.3) is 0 Å². The molecule has 0 aromatic heterocycles. The molecule has 0 aromatic carbocycles. The molecule has 2 nitrogen and oxygen atoms in total. The van der Waals surface area contributed by atoms with Crippen molar-refractivity contribution in [2.24, 2.45) is 5.92 Å². The zero-order valence-electron chi connectivity index (χ0n) is 13.2. The molecule has 4 atom stereocenters. The minimum atomic E-state index is 0.713. The predicted octanol–water partition coefficient (Wildman–Crippen LogP) is 3.66. The van der Waals surface area contributed by atoms with E-state index in [0.29, 0.717) is 6.04 Å². The van der Waals surface area contributed by atoms with E-state index < -0.39 is 0 Å². The Labute approximate surface area is 115 Å². The smallest absolute Gasteiger partial charge is 0.0251 e. The van der Waals surface area contributed by atoms with E-state index in [1.165, 1.54) is 45.1 Å². The second-order valence-corrected chi connectivity index (χ2v) is 6.35. The third-order valence-electron chi connectivity index (χ3n) is 4.66. The van der Waals surface area contributed by atoms with Gasteiger partial charge in [0.1, 0.15) is 0 Å². The van der Waals surface area contributed by atoms with Crippen LogP contribution in [-0.2, 0) is 0 Å². The molecular weight excluding hydrogens is 220 g/mol. The van der Waals surface area contributed by atoms with Crippen LogP contribution in [0.3, 0.4) is 0 Å². The van der Waals surface area contributed by atoms with E-state index in [1.807, 2.05) is 0 Å². The number of likely N-dealkylation sites (N-methyl/N-ethyl adjacent to an activating group) is 1. The molecule has 0 heterocycles. The number of hydrogen-bond donors (Lipinski definition) is 1. The Morgan fingerprint density at radius 3 is 2.56 bits per heavy atom. The van der Waals surface area contributed by atoms with Crippen molar-refractivity contribution in [1.29, 1.82) is 0 Å². The maximum atomic E-state index is 3.78. The third-order valence-corrected chi connectivity index (χ3v) is 4.66. The highest BCUT2D eigenvalue weighted by Crippen LogP contribution is 2.28. The quantitative estimate of drug-likeness (QED) is 0.746. The molecule has 18 heavy (non-hydrogen) atoms. The summed E-state index contributed by atoms with van der Waals surface area (Å²) in [6.07, 6.45) is 7.98. The van der Waals surface area contributed by atoms with Gasteiger partial charge in [-0.2, -0.15) is 0 Å². The summed E-state index contributed by atoms with van der Waals surface area (Å²) in [7, 11) is 2.34. The first-order valence-electron chi connectivity index (χ1n) is 8.05. The summed E-state index contributed by atoms with van der Waals surface area (Å²) in [6, 6.07) is 2.17. The predicted molar refractivity (Wildman–Crippen MR) is 81.0 cm³/mol. The molecule has 0 aliphatic heterocycles. The van der Waals surface area contributed by atoms with E-state index in [4.69, 9.17) is 0 Å². The van der Waals surface area contributed by atoms with Gasteiger partial charge < -0.3 is 5.32 Å². The largest absolute Gasteiger partial charge is 0.312 e. The molecule has 1 fully saturated rings. The SMILES string of the molecule is CCCNC1CCC(C)CC1N(C)C(C)CCC. The molecule has 0 saturated heterocycles. The van der Waals surface area contributed by atoms with Gasteiger partial charge in [-0.05, 0) is 58.5 Å². The summed E-state index contributed by atoms with van der Waals surface area (Å²) in [5, 5.41) is 3.78. The Bertz CT molecular complexity index is 213. The standard InChI is InChI=1S/C16H34N2/c1-6-8-14(4)18(5)16-12-13(3)9-10-15(16)17-11-7-2/h13-17H,6-12H2,1-5H3. The lowest BCUT2D eigenvalue weighted by Crippen LogP contribution is -2.54. The van der Waals surface area contributed by atoms with E-state index >= 15 is 0 Å². The first kappa shape index (κ1) is 16.0. The molecule has 1 rings (SSSR count). The van der Waals surface area contributed by atoms with Crippen LogP contribution in [0.5, 0.6) is 0 Å². The van der Waals surface area contributed by atoms with E-state index in [1.54, 1.807) is 0 Å². The fraction of sp³-hybridized carbons (Fsp3) is 1.00. The van der Waals surface area contributed by atoms with Crippen LogP contribution in [0, 0.1) is 5.92 Å². The van der Waals surface area contributed by atoms with Gasteiger partial charge in [0.2, 0.25) is 0 Å². The minimum absolute atomic E-state index is 0.713. The Morgan fingerprint density at radius 1 is 1.22 bits per heavy atom. The van der Waals surface area contributed by atoms with Crippen molar-refractivity contribution in [2.45, 2.75) is 84.3 Å². The zero-order chi connectivity index (χ0) is 13.5. The van der Waals surface area contributed by atoms with Crippen LogP contribution in [-0.4, -0.2) is 36.6 Å². The lowest BCUT2D eigenvalue weighted by Gasteiger charge is -2.43. The topological polar surface area (TPSA) is 15.3 Å². The van der Waals surface area contributed by atoms with Gasteiger partial charge in [0.15, 0.2) is 0 Å². The second kappa shape index (κ2) is 8.16. The summed E-state index contributed by atoms with van der Waals surface area (Å²) < 4.78 is 0. The van der Waals surface area contributed by atoms with E-state index in [-0.39, 0.29) is 0 Å². The van der Waals surface area contributed by atoms with Crippen LogP contribution in [0.4, 0.5) is 0 Å². The first-order valence-corrected chi connectivity index (χ1v) is 8.05. The van der Waals surface area contributed by atoms with Gasteiger partial charge in [-0.25, -0.2) is 0 Å². The van der Waals surface area contributed by atoms with Crippen molar-refractivity contribution >= 4 is 0 Å². The van der Waals surface area contributed by atoms with E-state index in [9.17, 15) is 0 Å². The summed E-state index contributed by atoms with van der Waals surface area (Å²) in [5.74, 6) is 0.894. The van der Waals surface area contributed by atoms with Crippen LogP contribution >= 0.6 is 0 Å². The molecule has 0 radical (unpaired) electrons. The van der Waals surface area contributed by atoms with Gasteiger partial charge in [-0.15, -0.1) is 0 Å². The average Bonchev–Trinajstić information content (AvgIpc) is 2.36. The van der Waals surface area contributed by atoms with Crippen molar-refractivity contribution in [3.8, 4) is 0 Å². The van der Waals surface area contributed by atoms with Crippen molar-refractivity contribution < 1.29 is 0 Å². The Kier molecular flexibility index (Phi) is 7.25. The van der Waals surface area contributed by atoms with Crippen LogP contribution < -0.4 is 5.32 Å². The number of nitrogens with one attached hydrogen (secondary N) is 1. The molecule has 1 N–H and O–H groups in total. The van der Waals surface area contributed by atoms with Gasteiger partial charge in [0.25, 0.3) is 0 Å². The maximum absolute atomic E-state index is 3.78. The molecule has 0 amide bonds. The van der Waals surface area contributed by atoms with Gasteiger partial charge in [0, 0.05) is 18.1 Å². The van der Waals surface area contributed by atoms with Gasteiger partial charge in [0.05, 0.1) is 0 Å². The number of rotatable bonds is 7. The van der Waals surface area contributed by atoms with Gasteiger partial charge in [-0.1, -0.05) is 27.2 Å². The first-order chi connectivity index (χ1) is 8.60. The molecule has 1 aliphatic carbocycles. The molecular formula is C16H34N2. The fourth-order valence-corrected chi connectivity index (χ4v) is 3.32. The zero-order valence-corrected chi connectivity index (χ0v) is 13.2. The van der Waals surface area contributed by atoms with Crippen molar-refractivity contribution in [2.75, 3.05) is 13.6 Å². The third kappa shape index (κ3) is 4.55. The summed E-state index contributed by atoms with van der Waals surface area (Å²) >= 11 is 0. The van der Waals surface area contributed by atoms with E-state index in [0.717, 1.165) is 18.0 Å². The van der Waals surface area contributed by atoms with Crippen LogP contribution in [0.2, 0.25) is 0 Å². The molecule has 0 bridgehead atoms. The van der Waals surface area contributed by atoms with Gasteiger partial charge in [-0.3, -0.25) is 4.90 Å². The lowest BCUT2D eigenvalue weighted by atomic mass is 9.82. The highest BCUT2D eigenvalue weighted by molar-refractivity contribution is 4.90. The highest BCUT2D eigenvalue weighted by atomic mass is 15.2. The lowest BCUT2D eigenvalue weighted by molar-refractivity contribution is 0.0898. The number of nitrogens with zero attached hydrogens (tertiary/aromatic N) is 1. The highest BCUT2D eigenvalue weighted by Gasteiger charge is 2.32. The van der Waals surface area contributed by atoms with Gasteiger partial charge >= 0.3 is 0 Å². The monoisotopic (exact) mass is 254 g/mol. The Balaban J connectivity index is 2.59. The number of hydrogen-bond acceptors (Lipinski definition) is 2. The Hall–Kier alpha value is -0.0800. The summed E-state index contributed by atoms with van der Waals surface area (Å²) in [4.78, 5) is 2.65. The molecule has 0 aromatic rings. The van der Waals surface area contributed by atoms with Crippen LogP contribution in [0.1, 0.15) is 66.2 Å². The maximum Gasteiger partial charge on any atom is 0.0251 e. The minimum Gasteiger partial charge on any atom is -0.312 e. The van der Waals surface area contributed by atoms with Crippen molar-refractivity contribution in [3.05, 3.63) is 0 Å². The molecule has 0 spiro atoms. The van der Waals surface area contributed by atoms with Crippen molar-refractivity contribution in [3.63, 3.8) is 0 Å².